The Morgan fingerprint density at radius 3 is 2.64 bits per heavy atom. The van der Waals surface area contributed by atoms with Gasteiger partial charge in [-0.2, -0.15) is 0 Å². The van der Waals surface area contributed by atoms with E-state index in [-0.39, 0.29) is 5.91 Å². The summed E-state index contributed by atoms with van der Waals surface area (Å²) in [6, 6.07) is 23.5. The lowest BCUT2D eigenvalue weighted by atomic mass is 10.1. The molecule has 4 aromatic rings. The fourth-order valence-corrected chi connectivity index (χ4v) is 3.27. The highest BCUT2D eigenvalue weighted by molar-refractivity contribution is 5.97. The monoisotopic (exact) mass is 371 g/mol. The molecule has 0 saturated heterocycles. The maximum Gasteiger partial charge on any atom is 0.251 e. The van der Waals surface area contributed by atoms with Gasteiger partial charge in [-0.3, -0.25) is 9.36 Å². The molecule has 0 unspecified atom stereocenters. The molecule has 0 saturated carbocycles. The lowest BCUT2D eigenvalue weighted by Crippen LogP contribution is -2.25. The topological polar surface area (TPSA) is 56.1 Å². The van der Waals surface area contributed by atoms with E-state index in [1.807, 2.05) is 77.4 Å². The van der Waals surface area contributed by atoms with Crippen LogP contribution in [0.5, 0.6) is 5.75 Å². The fraction of sp³-hybridized carbons (Fsp3) is 0.130. The van der Waals surface area contributed by atoms with Gasteiger partial charge in [0.1, 0.15) is 12.1 Å². The number of carbonyl (C=O) groups is 1. The summed E-state index contributed by atoms with van der Waals surface area (Å²) in [6.07, 6.45) is 2.49. The summed E-state index contributed by atoms with van der Waals surface area (Å²) in [5, 5.41) is 2.97. The highest BCUT2D eigenvalue weighted by atomic mass is 16.5. The number of amides is 1. The Bertz CT molecular complexity index is 1100. The van der Waals surface area contributed by atoms with Gasteiger partial charge in [-0.1, -0.05) is 36.4 Å². The molecule has 0 radical (unpaired) electrons. The van der Waals surface area contributed by atoms with Gasteiger partial charge < -0.3 is 10.1 Å². The number of fused-ring (bicyclic) bond motifs is 1. The number of rotatable bonds is 6. The maximum absolute atomic E-state index is 12.5. The van der Waals surface area contributed by atoms with Gasteiger partial charge in [0.15, 0.2) is 0 Å². The summed E-state index contributed by atoms with van der Waals surface area (Å²) in [6.45, 7) is 0.537. The highest BCUT2D eigenvalue weighted by Gasteiger charge is 2.10. The van der Waals surface area contributed by atoms with Crippen molar-refractivity contribution in [2.24, 2.45) is 0 Å². The van der Waals surface area contributed by atoms with Crippen LogP contribution in [0.2, 0.25) is 0 Å². The van der Waals surface area contributed by atoms with E-state index in [9.17, 15) is 4.79 Å². The van der Waals surface area contributed by atoms with E-state index < -0.39 is 0 Å². The third-order valence-corrected chi connectivity index (χ3v) is 4.72. The van der Waals surface area contributed by atoms with Crippen LogP contribution in [0.25, 0.3) is 16.7 Å². The number of benzene rings is 3. The standard InChI is InChI=1S/C23H21N3O2/c1-28-22-10-6-5-7-17(22)13-14-24-23(27)18-11-12-21-20(15-18)25-16-26(21)19-8-3-2-4-9-19/h2-12,15-16H,13-14H2,1H3,(H,24,27). The molecule has 4 rings (SSSR count). The van der Waals surface area contributed by atoms with Crippen LogP contribution in [0.15, 0.2) is 79.1 Å². The molecule has 0 atom stereocenters. The maximum atomic E-state index is 12.5. The number of nitrogens with one attached hydrogen (secondary N) is 1. The van der Waals surface area contributed by atoms with Crippen molar-refractivity contribution in [2.45, 2.75) is 6.42 Å². The molecule has 1 aromatic heterocycles. The molecule has 0 aliphatic rings. The van der Waals surface area contributed by atoms with Gasteiger partial charge in [-0.05, 0) is 48.4 Å². The lowest BCUT2D eigenvalue weighted by Gasteiger charge is -2.09. The number of hydrogen-bond acceptors (Lipinski definition) is 3. The van der Waals surface area contributed by atoms with E-state index in [1.54, 1.807) is 13.4 Å². The normalized spacial score (nSPS) is 10.8. The van der Waals surface area contributed by atoms with E-state index >= 15 is 0 Å². The van der Waals surface area contributed by atoms with Crippen molar-refractivity contribution in [1.82, 2.24) is 14.9 Å². The van der Waals surface area contributed by atoms with E-state index in [0.717, 1.165) is 28.0 Å². The predicted molar refractivity (Wildman–Crippen MR) is 110 cm³/mol. The third-order valence-electron chi connectivity index (χ3n) is 4.72. The molecule has 140 valence electrons. The average Bonchev–Trinajstić information content (AvgIpc) is 3.18. The Kier molecular flexibility index (Phi) is 5.06. The van der Waals surface area contributed by atoms with Crippen molar-refractivity contribution in [3.63, 3.8) is 0 Å². The van der Waals surface area contributed by atoms with E-state index in [0.29, 0.717) is 18.5 Å². The van der Waals surface area contributed by atoms with E-state index in [4.69, 9.17) is 4.74 Å². The summed E-state index contributed by atoms with van der Waals surface area (Å²) in [5.41, 5.74) is 4.48. The van der Waals surface area contributed by atoms with Crippen molar-refractivity contribution < 1.29 is 9.53 Å². The largest absolute Gasteiger partial charge is 0.496 e. The molecule has 0 fully saturated rings. The van der Waals surface area contributed by atoms with Crippen molar-refractivity contribution in [1.29, 1.82) is 0 Å². The molecule has 0 spiro atoms. The number of hydrogen-bond donors (Lipinski definition) is 1. The summed E-state index contributed by atoms with van der Waals surface area (Å²) < 4.78 is 7.36. The van der Waals surface area contributed by atoms with Crippen LogP contribution < -0.4 is 10.1 Å². The molecule has 0 bridgehead atoms. The molecule has 1 heterocycles. The summed E-state index contributed by atoms with van der Waals surface area (Å²) in [4.78, 5) is 17.0. The summed E-state index contributed by atoms with van der Waals surface area (Å²) in [5.74, 6) is 0.732. The number of carbonyl (C=O) groups excluding carboxylic acids is 1. The van der Waals surface area contributed by atoms with Crippen molar-refractivity contribution in [3.8, 4) is 11.4 Å². The number of methoxy groups -OCH3 is 1. The molecular weight excluding hydrogens is 350 g/mol. The molecular formula is C23H21N3O2. The molecule has 1 N–H and O–H groups in total. The van der Waals surface area contributed by atoms with Gasteiger partial charge in [0.25, 0.3) is 5.91 Å². The number of imidazole rings is 1. The zero-order valence-corrected chi connectivity index (χ0v) is 15.6. The van der Waals surface area contributed by atoms with Gasteiger partial charge in [0.2, 0.25) is 0 Å². The molecule has 5 heteroatoms. The fourth-order valence-electron chi connectivity index (χ4n) is 3.27. The van der Waals surface area contributed by atoms with E-state index in [2.05, 4.69) is 10.3 Å². The van der Waals surface area contributed by atoms with Crippen LogP contribution in [0.3, 0.4) is 0 Å². The van der Waals surface area contributed by atoms with Gasteiger partial charge in [0.05, 0.1) is 18.1 Å². The van der Waals surface area contributed by atoms with Crippen LogP contribution in [0.4, 0.5) is 0 Å². The lowest BCUT2D eigenvalue weighted by molar-refractivity contribution is 0.0954. The minimum absolute atomic E-state index is 0.106. The Morgan fingerprint density at radius 2 is 1.82 bits per heavy atom. The van der Waals surface area contributed by atoms with Gasteiger partial charge in [-0.25, -0.2) is 4.98 Å². The average molecular weight is 371 g/mol. The quantitative estimate of drug-likeness (QED) is 0.557. The van der Waals surface area contributed by atoms with Crippen LogP contribution in [0.1, 0.15) is 15.9 Å². The first-order valence-corrected chi connectivity index (χ1v) is 9.19. The Hall–Kier alpha value is -3.60. The minimum atomic E-state index is -0.106. The SMILES string of the molecule is COc1ccccc1CCNC(=O)c1ccc2c(c1)ncn2-c1ccccc1. The van der Waals surface area contributed by atoms with Crippen LogP contribution in [-0.4, -0.2) is 29.1 Å². The van der Waals surface area contributed by atoms with E-state index in [1.165, 1.54) is 0 Å². The molecule has 28 heavy (non-hydrogen) atoms. The van der Waals surface area contributed by atoms with Crippen LogP contribution >= 0.6 is 0 Å². The van der Waals surface area contributed by atoms with Crippen LogP contribution in [0, 0.1) is 0 Å². The zero-order valence-electron chi connectivity index (χ0n) is 15.6. The molecule has 0 aliphatic carbocycles. The number of nitrogens with zero attached hydrogens (tertiary/aromatic N) is 2. The van der Waals surface area contributed by atoms with Crippen molar-refractivity contribution in [3.05, 3.63) is 90.3 Å². The summed E-state index contributed by atoms with van der Waals surface area (Å²) in [7, 11) is 1.65. The first-order chi connectivity index (χ1) is 13.8. The molecule has 5 nitrogen and oxygen atoms in total. The highest BCUT2D eigenvalue weighted by Crippen LogP contribution is 2.20. The zero-order chi connectivity index (χ0) is 19.3. The molecule has 1 amide bonds. The second kappa shape index (κ2) is 7.96. The smallest absolute Gasteiger partial charge is 0.251 e. The molecule has 3 aromatic carbocycles. The Balaban J connectivity index is 1.46. The first kappa shape index (κ1) is 17.8. The van der Waals surface area contributed by atoms with Crippen LogP contribution in [-0.2, 0) is 6.42 Å². The Morgan fingerprint density at radius 1 is 1.04 bits per heavy atom. The second-order valence-corrected chi connectivity index (χ2v) is 6.47. The Labute approximate surface area is 163 Å². The summed E-state index contributed by atoms with van der Waals surface area (Å²) >= 11 is 0. The minimum Gasteiger partial charge on any atom is -0.496 e. The molecule has 0 aliphatic heterocycles. The number of aromatic nitrogens is 2. The number of ether oxygens (including phenoxy) is 1. The second-order valence-electron chi connectivity index (χ2n) is 6.47. The van der Waals surface area contributed by atoms with Gasteiger partial charge in [0, 0.05) is 17.8 Å². The predicted octanol–water partition coefficient (Wildman–Crippen LogP) is 4.01. The number of para-hydroxylation sites is 2. The van der Waals surface area contributed by atoms with Gasteiger partial charge >= 0.3 is 0 Å². The van der Waals surface area contributed by atoms with Crippen molar-refractivity contribution in [2.75, 3.05) is 13.7 Å². The first-order valence-electron chi connectivity index (χ1n) is 9.19. The third kappa shape index (κ3) is 3.60. The van der Waals surface area contributed by atoms with Crippen molar-refractivity contribution >= 4 is 16.9 Å². The van der Waals surface area contributed by atoms with Gasteiger partial charge in [-0.15, -0.1) is 0 Å².